The molecule has 1 fully saturated rings. The molecule has 1 saturated heterocycles. The predicted molar refractivity (Wildman–Crippen MR) is 98.0 cm³/mol. The molecule has 24 heavy (non-hydrogen) atoms. The summed E-state index contributed by atoms with van der Waals surface area (Å²) in [6, 6.07) is 14.5. The standard InChI is InChI=1S/C21H26N2O/c1-16-8-9-17(2)20(12-16)21(24)22-14-18-6-5-7-19(13-18)15-23-10-3-4-11-23/h5-9,12-13H,3-4,10-11,14-15H2,1-2H3,(H,22,24). The monoisotopic (exact) mass is 322 g/mol. The number of likely N-dealkylation sites (tertiary alicyclic amines) is 1. The predicted octanol–water partition coefficient (Wildman–Crippen LogP) is 3.83. The Labute approximate surface area is 144 Å². The summed E-state index contributed by atoms with van der Waals surface area (Å²) in [6.45, 7) is 7.98. The molecule has 3 rings (SSSR count). The maximum absolute atomic E-state index is 12.4. The summed E-state index contributed by atoms with van der Waals surface area (Å²) in [5.41, 5.74) is 5.38. The number of rotatable bonds is 5. The van der Waals surface area contributed by atoms with Crippen molar-refractivity contribution in [3.05, 3.63) is 70.3 Å². The van der Waals surface area contributed by atoms with Gasteiger partial charge in [0.05, 0.1) is 0 Å². The van der Waals surface area contributed by atoms with E-state index < -0.39 is 0 Å². The Kier molecular flexibility index (Phi) is 5.31. The molecule has 1 aliphatic rings. The average molecular weight is 322 g/mol. The molecule has 2 aromatic carbocycles. The summed E-state index contributed by atoms with van der Waals surface area (Å²) in [5.74, 6) is 0.00106. The molecule has 126 valence electrons. The average Bonchev–Trinajstić information content (AvgIpc) is 3.08. The molecule has 0 aromatic heterocycles. The second kappa shape index (κ2) is 7.63. The SMILES string of the molecule is Cc1ccc(C)c(C(=O)NCc2cccc(CN3CCCC3)c2)c1. The second-order valence-electron chi connectivity index (χ2n) is 6.80. The molecule has 1 aliphatic heterocycles. The highest BCUT2D eigenvalue weighted by atomic mass is 16.1. The van der Waals surface area contributed by atoms with Gasteiger partial charge in [-0.3, -0.25) is 9.69 Å². The van der Waals surface area contributed by atoms with Gasteiger partial charge in [0.25, 0.3) is 5.91 Å². The Morgan fingerprint density at radius 3 is 2.58 bits per heavy atom. The third-order valence-corrected chi connectivity index (χ3v) is 4.69. The van der Waals surface area contributed by atoms with E-state index in [0.29, 0.717) is 6.54 Å². The molecule has 0 aliphatic carbocycles. The van der Waals surface area contributed by atoms with Crippen LogP contribution >= 0.6 is 0 Å². The van der Waals surface area contributed by atoms with Gasteiger partial charge in [0.2, 0.25) is 0 Å². The lowest BCUT2D eigenvalue weighted by molar-refractivity contribution is 0.0950. The van der Waals surface area contributed by atoms with Crippen LogP contribution < -0.4 is 5.32 Å². The highest BCUT2D eigenvalue weighted by molar-refractivity contribution is 5.95. The smallest absolute Gasteiger partial charge is 0.251 e. The molecule has 2 aromatic rings. The molecule has 0 unspecified atom stereocenters. The zero-order valence-corrected chi connectivity index (χ0v) is 14.6. The van der Waals surface area contributed by atoms with Crippen molar-refractivity contribution >= 4 is 5.91 Å². The van der Waals surface area contributed by atoms with Crippen molar-refractivity contribution < 1.29 is 4.79 Å². The van der Waals surface area contributed by atoms with Crippen molar-refractivity contribution in [2.24, 2.45) is 0 Å². The quantitative estimate of drug-likeness (QED) is 0.907. The summed E-state index contributed by atoms with van der Waals surface area (Å²) >= 11 is 0. The number of aryl methyl sites for hydroxylation is 2. The van der Waals surface area contributed by atoms with Crippen molar-refractivity contribution in [1.29, 1.82) is 0 Å². The molecule has 0 radical (unpaired) electrons. The van der Waals surface area contributed by atoms with Gasteiger partial charge in [0.1, 0.15) is 0 Å². The van der Waals surface area contributed by atoms with Crippen LogP contribution in [-0.4, -0.2) is 23.9 Å². The maximum atomic E-state index is 12.4. The number of hydrogen-bond acceptors (Lipinski definition) is 2. The Morgan fingerprint density at radius 2 is 1.79 bits per heavy atom. The fraction of sp³-hybridized carbons (Fsp3) is 0.381. The Morgan fingerprint density at radius 1 is 1.04 bits per heavy atom. The Bertz CT molecular complexity index is 718. The van der Waals surface area contributed by atoms with E-state index in [-0.39, 0.29) is 5.91 Å². The van der Waals surface area contributed by atoms with Crippen molar-refractivity contribution in [3.63, 3.8) is 0 Å². The van der Waals surface area contributed by atoms with E-state index in [9.17, 15) is 4.79 Å². The van der Waals surface area contributed by atoms with Gasteiger partial charge in [-0.15, -0.1) is 0 Å². The first-order chi connectivity index (χ1) is 11.6. The lowest BCUT2D eigenvalue weighted by atomic mass is 10.0. The van der Waals surface area contributed by atoms with Crippen LogP contribution in [0.25, 0.3) is 0 Å². The molecule has 0 atom stereocenters. The van der Waals surface area contributed by atoms with Crippen LogP contribution in [0.3, 0.4) is 0 Å². The zero-order valence-electron chi connectivity index (χ0n) is 14.6. The van der Waals surface area contributed by atoms with Crippen LogP contribution in [0.15, 0.2) is 42.5 Å². The minimum atomic E-state index is 0.00106. The summed E-state index contributed by atoms with van der Waals surface area (Å²) in [7, 11) is 0. The largest absolute Gasteiger partial charge is 0.348 e. The van der Waals surface area contributed by atoms with E-state index in [4.69, 9.17) is 0 Å². The van der Waals surface area contributed by atoms with Gasteiger partial charge in [-0.2, -0.15) is 0 Å². The van der Waals surface area contributed by atoms with Crippen LogP contribution in [0.4, 0.5) is 0 Å². The van der Waals surface area contributed by atoms with Crippen molar-refractivity contribution in [3.8, 4) is 0 Å². The minimum absolute atomic E-state index is 0.00106. The molecule has 0 saturated carbocycles. The van der Waals surface area contributed by atoms with E-state index in [2.05, 4.69) is 34.5 Å². The Balaban J connectivity index is 1.61. The maximum Gasteiger partial charge on any atom is 0.251 e. The molecular formula is C21H26N2O. The third kappa shape index (κ3) is 4.24. The van der Waals surface area contributed by atoms with Crippen LogP contribution in [-0.2, 0) is 13.1 Å². The topological polar surface area (TPSA) is 32.3 Å². The van der Waals surface area contributed by atoms with Gasteiger partial charge < -0.3 is 5.32 Å². The molecule has 3 heteroatoms. The number of nitrogens with one attached hydrogen (secondary N) is 1. The van der Waals surface area contributed by atoms with Crippen molar-refractivity contribution in [2.75, 3.05) is 13.1 Å². The van der Waals surface area contributed by atoms with Crippen LogP contribution in [0, 0.1) is 13.8 Å². The zero-order chi connectivity index (χ0) is 16.9. The summed E-state index contributed by atoms with van der Waals surface area (Å²) in [6.07, 6.45) is 2.62. The molecule has 3 nitrogen and oxygen atoms in total. The third-order valence-electron chi connectivity index (χ3n) is 4.69. The van der Waals surface area contributed by atoms with Gasteiger partial charge in [0.15, 0.2) is 0 Å². The molecule has 1 N–H and O–H groups in total. The lowest BCUT2D eigenvalue weighted by Gasteiger charge is -2.15. The molecule has 0 bridgehead atoms. The first-order valence-corrected chi connectivity index (χ1v) is 8.77. The highest BCUT2D eigenvalue weighted by Crippen LogP contribution is 2.14. The number of hydrogen-bond donors (Lipinski definition) is 1. The van der Waals surface area contributed by atoms with Crippen LogP contribution in [0.1, 0.15) is 45.5 Å². The van der Waals surface area contributed by atoms with Crippen molar-refractivity contribution in [1.82, 2.24) is 10.2 Å². The summed E-state index contributed by atoms with van der Waals surface area (Å²) in [4.78, 5) is 14.9. The molecule has 0 spiro atoms. The number of nitrogens with zero attached hydrogens (tertiary/aromatic N) is 1. The molecule has 1 amide bonds. The molecule has 1 heterocycles. The molecular weight excluding hydrogens is 296 g/mol. The van der Waals surface area contributed by atoms with E-state index in [0.717, 1.165) is 28.8 Å². The fourth-order valence-electron chi connectivity index (χ4n) is 3.29. The van der Waals surface area contributed by atoms with Crippen molar-refractivity contribution in [2.45, 2.75) is 39.8 Å². The number of benzene rings is 2. The fourth-order valence-corrected chi connectivity index (χ4v) is 3.29. The van der Waals surface area contributed by atoms with Gasteiger partial charge in [0, 0.05) is 18.7 Å². The Hall–Kier alpha value is -2.13. The van der Waals surface area contributed by atoms with E-state index >= 15 is 0 Å². The summed E-state index contributed by atoms with van der Waals surface area (Å²) in [5, 5.41) is 3.05. The number of carbonyl (C=O) groups excluding carboxylic acids is 1. The minimum Gasteiger partial charge on any atom is -0.348 e. The first-order valence-electron chi connectivity index (χ1n) is 8.77. The van der Waals surface area contributed by atoms with Gasteiger partial charge in [-0.05, 0) is 62.5 Å². The van der Waals surface area contributed by atoms with Crippen LogP contribution in [0.2, 0.25) is 0 Å². The van der Waals surface area contributed by atoms with E-state index in [1.807, 2.05) is 32.0 Å². The first kappa shape index (κ1) is 16.7. The summed E-state index contributed by atoms with van der Waals surface area (Å²) < 4.78 is 0. The van der Waals surface area contributed by atoms with Gasteiger partial charge in [-0.1, -0.05) is 42.0 Å². The van der Waals surface area contributed by atoms with Crippen LogP contribution in [0.5, 0.6) is 0 Å². The van der Waals surface area contributed by atoms with E-state index in [1.165, 1.54) is 31.5 Å². The number of carbonyl (C=O) groups is 1. The normalized spacial score (nSPS) is 14.8. The van der Waals surface area contributed by atoms with Gasteiger partial charge in [-0.25, -0.2) is 0 Å². The van der Waals surface area contributed by atoms with Gasteiger partial charge >= 0.3 is 0 Å². The van der Waals surface area contributed by atoms with E-state index in [1.54, 1.807) is 0 Å². The lowest BCUT2D eigenvalue weighted by Crippen LogP contribution is -2.24. The second-order valence-corrected chi connectivity index (χ2v) is 6.80. The number of amides is 1. The highest BCUT2D eigenvalue weighted by Gasteiger charge is 2.12.